The molecule has 3 N–H and O–H groups in total. The van der Waals surface area contributed by atoms with Gasteiger partial charge in [-0.25, -0.2) is 4.79 Å². The van der Waals surface area contributed by atoms with E-state index in [1.54, 1.807) is 31.2 Å². The first-order valence-electron chi connectivity index (χ1n) is 7.27. The standard InChI is InChI=1S/C18H21NO3/c1-18(19,13-12-14-8-4-2-5-9-14)22-17(21)16(20)15-10-6-3-7-11-15/h2-11,16,20H,12-13,19H2,1H3. The van der Waals surface area contributed by atoms with Crippen LogP contribution in [-0.4, -0.2) is 16.8 Å². The highest BCUT2D eigenvalue weighted by molar-refractivity contribution is 5.76. The number of rotatable bonds is 6. The fraction of sp³-hybridized carbons (Fsp3) is 0.278. The van der Waals surface area contributed by atoms with E-state index in [-0.39, 0.29) is 0 Å². The Labute approximate surface area is 130 Å². The van der Waals surface area contributed by atoms with Gasteiger partial charge >= 0.3 is 5.97 Å². The Morgan fingerprint density at radius 2 is 1.68 bits per heavy atom. The lowest BCUT2D eigenvalue weighted by molar-refractivity contribution is -0.168. The number of aliphatic hydroxyl groups is 1. The summed E-state index contributed by atoms with van der Waals surface area (Å²) >= 11 is 0. The van der Waals surface area contributed by atoms with Crippen LogP contribution in [0, 0.1) is 0 Å². The molecule has 4 nitrogen and oxygen atoms in total. The van der Waals surface area contributed by atoms with Crippen molar-refractivity contribution in [1.82, 2.24) is 0 Å². The third kappa shape index (κ3) is 4.69. The van der Waals surface area contributed by atoms with Gasteiger partial charge in [-0.3, -0.25) is 5.73 Å². The van der Waals surface area contributed by atoms with Crippen molar-refractivity contribution in [2.24, 2.45) is 5.73 Å². The molecule has 0 aliphatic heterocycles. The molecule has 2 unspecified atom stereocenters. The second-order valence-corrected chi connectivity index (χ2v) is 5.53. The minimum atomic E-state index is -1.32. The van der Waals surface area contributed by atoms with Gasteiger partial charge in [0.2, 0.25) is 0 Å². The molecule has 0 aliphatic rings. The lowest BCUT2D eigenvalue weighted by Crippen LogP contribution is -2.43. The Hall–Kier alpha value is -2.17. The van der Waals surface area contributed by atoms with Gasteiger partial charge in [-0.15, -0.1) is 0 Å². The number of nitrogens with two attached hydrogens (primary N) is 1. The lowest BCUT2D eigenvalue weighted by Gasteiger charge is -2.26. The number of hydrogen-bond donors (Lipinski definition) is 2. The number of carbonyl (C=O) groups is 1. The molecule has 4 heteroatoms. The van der Waals surface area contributed by atoms with Crippen LogP contribution in [0.1, 0.15) is 30.6 Å². The highest BCUT2D eigenvalue weighted by Crippen LogP contribution is 2.19. The molecular formula is C18H21NO3. The highest BCUT2D eigenvalue weighted by atomic mass is 16.6. The van der Waals surface area contributed by atoms with Crippen LogP contribution in [0.15, 0.2) is 60.7 Å². The highest BCUT2D eigenvalue weighted by Gasteiger charge is 2.28. The first-order valence-corrected chi connectivity index (χ1v) is 7.27. The number of aryl methyl sites for hydroxylation is 1. The monoisotopic (exact) mass is 299 g/mol. The maximum absolute atomic E-state index is 12.0. The summed E-state index contributed by atoms with van der Waals surface area (Å²) in [6, 6.07) is 18.5. The molecule has 0 spiro atoms. The van der Waals surface area contributed by atoms with Gasteiger partial charge in [0.05, 0.1) is 0 Å². The molecule has 0 aliphatic carbocycles. The number of carbonyl (C=O) groups excluding carboxylic acids is 1. The summed E-state index contributed by atoms with van der Waals surface area (Å²) in [5.41, 5.74) is 6.52. The van der Waals surface area contributed by atoms with Crippen molar-refractivity contribution in [1.29, 1.82) is 0 Å². The van der Waals surface area contributed by atoms with Gasteiger partial charge in [0.25, 0.3) is 0 Å². The second-order valence-electron chi connectivity index (χ2n) is 5.53. The van der Waals surface area contributed by atoms with E-state index in [1.165, 1.54) is 0 Å². The van der Waals surface area contributed by atoms with E-state index in [0.717, 1.165) is 5.56 Å². The minimum Gasteiger partial charge on any atom is -0.442 e. The molecule has 116 valence electrons. The van der Waals surface area contributed by atoms with Gasteiger partial charge in [0.15, 0.2) is 11.8 Å². The van der Waals surface area contributed by atoms with E-state index in [0.29, 0.717) is 18.4 Å². The normalized spacial score (nSPS) is 14.9. The average molecular weight is 299 g/mol. The molecule has 0 amide bonds. The molecule has 0 saturated heterocycles. The minimum absolute atomic E-state index is 0.476. The van der Waals surface area contributed by atoms with Gasteiger partial charge in [-0.2, -0.15) is 0 Å². The molecule has 0 bridgehead atoms. The van der Waals surface area contributed by atoms with Gasteiger partial charge in [0.1, 0.15) is 0 Å². The van der Waals surface area contributed by atoms with E-state index >= 15 is 0 Å². The Morgan fingerprint density at radius 1 is 1.14 bits per heavy atom. The first kappa shape index (κ1) is 16.2. The molecule has 2 rings (SSSR count). The van der Waals surface area contributed by atoms with Crippen LogP contribution in [-0.2, 0) is 16.0 Å². The van der Waals surface area contributed by atoms with E-state index in [4.69, 9.17) is 10.5 Å². The Balaban J connectivity index is 1.92. The van der Waals surface area contributed by atoms with Crippen molar-refractivity contribution in [3.63, 3.8) is 0 Å². The first-order chi connectivity index (χ1) is 10.5. The summed E-state index contributed by atoms with van der Waals surface area (Å²) in [6.07, 6.45) is -0.145. The molecule has 2 atom stereocenters. The Kier molecular flexibility index (Phi) is 5.31. The third-order valence-corrected chi connectivity index (χ3v) is 3.43. The third-order valence-electron chi connectivity index (χ3n) is 3.43. The molecule has 22 heavy (non-hydrogen) atoms. The van der Waals surface area contributed by atoms with Gasteiger partial charge < -0.3 is 9.84 Å². The topological polar surface area (TPSA) is 72.5 Å². The quantitative estimate of drug-likeness (QED) is 0.635. The predicted molar refractivity (Wildman–Crippen MR) is 84.8 cm³/mol. The summed E-state index contributed by atoms with van der Waals surface area (Å²) in [5, 5.41) is 10.0. The maximum atomic E-state index is 12.0. The molecule has 0 fully saturated rings. The van der Waals surface area contributed by atoms with Crippen molar-refractivity contribution in [2.45, 2.75) is 31.6 Å². The number of aliphatic hydroxyl groups excluding tert-OH is 1. The van der Waals surface area contributed by atoms with E-state index in [9.17, 15) is 9.90 Å². The van der Waals surface area contributed by atoms with Crippen LogP contribution in [0.25, 0.3) is 0 Å². The summed E-state index contributed by atoms with van der Waals surface area (Å²) in [5.74, 6) is -0.732. The number of benzene rings is 2. The number of esters is 1. The Morgan fingerprint density at radius 3 is 2.27 bits per heavy atom. The van der Waals surface area contributed by atoms with E-state index < -0.39 is 17.8 Å². The maximum Gasteiger partial charge on any atom is 0.341 e. The smallest absolute Gasteiger partial charge is 0.341 e. The predicted octanol–water partition coefficient (Wildman–Crippen LogP) is 2.57. The van der Waals surface area contributed by atoms with Crippen LogP contribution >= 0.6 is 0 Å². The van der Waals surface area contributed by atoms with Crippen LogP contribution in [0.3, 0.4) is 0 Å². The van der Waals surface area contributed by atoms with Gasteiger partial charge in [-0.05, 0) is 24.5 Å². The Bertz CT molecular complexity index is 596. The van der Waals surface area contributed by atoms with Crippen molar-refractivity contribution in [3.05, 3.63) is 71.8 Å². The van der Waals surface area contributed by atoms with Crippen LogP contribution < -0.4 is 5.73 Å². The van der Waals surface area contributed by atoms with Crippen molar-refractivity contribution < 1.29 is 14.6 Å². The van der Waals surface area contributed by atoms with Gasteiger partial charge in [-0.1, -0.05) is 60.7 Å². The number of ether oxygens (including phenoxy) is 1. The largest absolute Gasteiger partial charge is 0.442 e. The molecular weight excluding hydrogens is 278 g/mol. The molecule has 2 aromatic rings. The zero-order valence-corrected chi connectivity index (χ0v) is 12.6. The molecule has 0 radical (unpaired) electrons. The summed E-state index contributed by atoms with van der Waals surface area (Å²) in [7, 11) is 0. The van der Waals surface area contributed by atoms with Crippen LogP contribution in [0.5, 0.6) is 0 Å². The lowest BCUT2D eigenvalue weighted by atomic mass is 10.0. The van der Waals surface area contributed by atoms with E-state index in [2.05, 4.69) is 0 Å². The van der Waals surface area contributed by atoms with Crippen molar-refractivity contribution in [3.8, 4) is 0 Å². The zero-order valence-electron chi connectivity index (χ0n) is 12.6. The molecule has 2 aromatic carbocycles. The van der Waals surface area contributed by atoms with Crippen LogP contribution in [0.2, 0.25) is 0 Å². The van der Waals surface area contributed by atoms with Gasteiger partial charge in [0, 0.05) is 6.42 Å². The summed E-state index contributed by atoms with van der Waals surface area (Å²) < 4.78 is 5.26. The summed E-state index contributed by atoms with van der Waals surface area (Å²) in [4.78, 5) is 12.0. The fourth-order valence-corrected chi connectivity index (χ4v) is 2.15. The zero-order chi connectivity index (χ0) is 16.0. The van der Waals surface area contributed by atoms with Crippen molar-refractivity contribution >= 4 is 5.97 Å². The summed E-state index contributed by atoms with van der Waals surface area (Å²) in [6.45, 7) is 1.64. The average Bonchev–Trinajstić information content (AvgIpc) is 2.54. The number of hydrogen-bond acceptors (Lipinski definition) is 4. The SMILES string of the molecule is CC(N)(CCc1ccccc1)OC(=O)C(O)c1ccccc1. The van der Waals surface area contributed by atoms with Crippen LogP contribution in [0.4, 0.5) is 0 Å². The molecule has 0 saturated carbocycles. The fourth-order valence-electron chi connectivity index (χ4n) is 2.15. The van der Waals surface area contributed by atoms with E-state index in [1.807, 2.05) is 36.4 Å². The van der Waals surface area contributed by atoms with Crippen molar-refractivity contribution in [2.75, 3.05) is 0 Å². The molecule has 0 heterocycles. The molecule has 0 aromatic heterocycles. The second kappa shape index (κ2) is 7.20.